The Morgan fingerprint density at radius 2 is 1.95 bits per heavy atom. The summed E-state index contributed by atoms with van der Waals surface area (Å²) in [5.41, 5.74) is -0.446. The second-order valence-electron chi connectivity index (χ2n) is 4.85. The molecule has 5 nitrogen and oxygen atoms in total. The lowest BCUT2D eigenvalue weighted by Crippen LogP contribution is -2.38. The van der Waals surface area contributed by atoms with Gasteiger partial charge in [-0.1, -0.05) is 13.8 Å². The van der Waals surface area contributed by atoms with Crippen molar-refractivity contribution in [3.05, 3.63) is 29.1 Å². The molecule has 0 aromatic heterocycles. The third-order valence-electron chi connectivity index (χ3n) is 3.52. The topological polar surface area (TPSA) is 74.7 Å². The van der Waals surface area contributed by atoms with Crippen LogP contribution in [-0.2, 0) is 10.0 Å². The maximum absolute atomic E-state index is 13.8. The molecule has 0 saturated heterocycles. The number of carboxylic acid groups (broad SMARTS) is 1. The number of hydrogen-bond acceptors (Lipinski definition) is 3. The van der Waals surface area contributed by atoms with Gasteiger partial charge in [0.2, 0.25) is 10.0 Å². The molecule has 1 atom stereocenters. The molecule has 0 amide bonds. The van der Waals surface area contributed by atoms with Crippen LogP contribution >= 0.6 is 0 Å². The molecule has 0 aliphatic carbocycles. The van der Waals surface area contributed by atoms with Gasteiger partial charge in [-0.15, -0.1) is 0 Å². The molecule has 0 fully saturated rings. The molecular formula is C14H20FNO4S. The summed E-state index contributed by atoms with van der Waals surface area (Å²) < 4.78 is 40.4. The molecule has 0 saturated carbocycles. The van der Waals surface area contributed by atoms with E-state index in [-0.39, 0.29) is 28.6 Å². The van der Waals surface area contributed by atoms with Gasteiger partial charge < -0.3 is 5.11 Å². The maximum Gasteiger partial charge on any atom is 0.335 e. The van der Waals surface area contributed by atoms with Crippen molar-refractivity contribution >= 4 is 16.0 Å². The molecule has 0 aliphatic rings. The number of halogens is 1. The molecule has 21 heavy (non-hydrogen) atoms. The molecule has 118 valence electrons. The van der Waals surface area contributed by atoms with E-state index in [0.717, 1.165) is 12.1 Å². The molecule has 0 heterocycles. The van der Waals surface area contributed by atoms with Crippen molar-refractivity contribution in [2.45, 2.75) is 45.1 Å². The van der Waals surface area contributed by atoms with Crippen LogP contribution < -0.4 is 0 Å². The number of rotatable bonds is 6. The van der Waals surface area contributed by atoms with E-state index in [0.29, 0.717) is 6.42 Å². The van der Waals surface area contributed by atoms with Crippen molar-refractivity contribution in [1.29, 1.82) is 0 Å². The third kappa shape index (κ3) is 3.41. The van der Waals surface area contributed by atoms with E-state index in [1.54, 1.807) is 13.8 Å². The molecule has 0 radical (unpaired) electrons. The molecule has 1 N–H and O–H groups in total. The van der Waals surface area contributed by atoms with Crippen molar-refractivity contribution in [2.24, 2.45) is 0 Å². The summed E-state index contributed by atoms with van der Waals surface area (Å²) in [4.78, 5) is 10.7. The van der Waals surface area contributed by atoms with Crippen molar-refractivity contribution in [1.82, 2.24) is 4.31 Å². The first-order valence-corrected chi connectivity index (χ1v) is 8.16. The fourth-order valence-electron chi connectivity index (χ4n) is 2.09. The highest BCUT2D eigenvalue weighted by molar-refractivity contribution is 7.89. The number of carbonyl (C=O) groups is 1. The van der Waals surface area contributed by atoms with Crippen LogP contribution in [0.4, 0.5) is 4.39 Å². The van der Waals surface area contributed by atoms with Crippen molar-refractivity contribution in [3.8, 4) is 0 Å². The first-order chi connectivity index (χ1) is 9.66. The molecule has 0 spiro atoms. The largest absolute Gasteiger partial charge is 0.478 e. The summed E-state index contributed by atoms with van der Waals surface area (Å²) in [6, 6.07) is 1.59. The van der Waals surface area contributed by atoms with Gasteiger partial charge in [-0.25, -0.2) is 17.6 Å². The van der Waals surface area contributed by atoms with Gasteiger partial charge in [-0.2, -0.15) is 4.31 Å². The summed E-state index contributed by atoms with van der Waals surface area (Å²) in [7, 11) is -3.94. The van der Waals surface area contributed by atoms with Crippen LogP contribution in [0.2, 0.25) is 0 Å². The lowest BCUT2D eigenvalue weighted by atomic mass is 10.1. The van der Waals surface area contributed by atoms with Gasteiger partial charge in [0.25, 0.3) is 0 Å². The van der Waals surface area contributed by atoms with Crippen LogP contribution in [0.15, 0.2) is 17.0 Å². The molecule has 1 unspecified atom stereocenters. The van der Waals surface area contributed by atoms with Crippen LogP contribution in [0.1, 0.15) is 43.1 Å². The fourth-order valence-corrected chi connectivity index (χ4v) is 4.07. The number of nitrogens with zero attached hydrogens (tertiary/aromatic N) is 1. The Bertz CT molecular complexity index is 643. The minimum atomic E-state index is -3.94. The zero-order valence-electron chi connectivity index (χ0n) is 12.6. The first-order valence-electron chi connectivity index (χ1n) is 6.72. The minimum Gasteiger partial charge on any atom is -0.478 e. The smallest absolute Gasteiger partial charge is 0.335 e. The Morgan fingerprint density at radius 3 is 2.38 bits per heavy atom. The van der Waals surface area contributed by atoms with Crippen LogP contribution in [0, 0.1) is 12.7 Å². The van der Waals surface area contributed by atoms with Gasteiger partial charge in [-0.05, 0) is 32.4 Å². The van der Waals surface area contributed by atoms with Crippen LogP contribution in [0.25, 0.3) is 0 Å². The van der Waals surface area contributed by atoms with Gasteiger partial charge in [0.15, 0.2) is 0 Å². The zero-order chi connectivity index (χ0) is 16.4. The standard InChI is InChI=1S/C14H20FNO4S/c1-5-9(3)16(6-2)21(19,20)13-8-11(14(17)18)7-12(15)10(13)4/h7-9H,5-6H2,1-4H3,(H,17,18). The van der Waals surface area contributed by atoms with Crippen molar-refractivity contribution in [3.63, 3.8) is 0 Å². The second-order valence-corrected chi connectivity index (χ2v) is 6.71. The maximum atomic E-state index is 13.8. The Balaban J connectivity index is 3.53. The van der Waals surface area contributed by atoms with E-state index >= 15 is 0 Å². The highest BCUT2D eigenvalue weighted by atomic mass is 32.2. The summed E-state index contributed by atoms with van der Waals surface area (Å²) >= 11 is 0. The van der Waals surface area contributed by atoms with Gasteiger partial charge in [0, 0.05) is 18.2 Å². The zero-order valence-corrected chi connectivity index (χ0v) is 13.4. The highest BCUT2D eigenvalue weighted by Gasteiger charge is 2.30. The fraction of sp³-hybridized carbons (Fsp3) is 0.500. The number of benzene rings is 1. The SMILES string of the molecule is CCC(C)N(CC)S(=O)(=O)c1cc(C(=O)O)cc(F)c1C. The van der Waals surface area contributed by atoms with Crippen LogP contribution in [0.5, 0.6) is 0 Å². The number of hydrogen-bond donors (Lipinski definition) is 1. The summed E-state index contributed by atoms with van der Waals surface area (Å²) in [6.45, 7) is 6.86. The second kappa shape index (κ2) is 6.53. The molecule has 1 aromatic rings. The van der Waals surface area contributed by atoms with E-state index in [9.17, 15) is 17.6 Å². The van der Waals surface area contributed by atoms with E-state index < -0.39 is 21.8 Å². The molecule has 1 aromatic carbocycles. The lowest BCUT2D eigenvalue weighted by Gasteiger charge is -2.27. The molecule has 0 bridgehead atoms. The predicted molar refractivity (Wildman–Crippen MR) is 77.4 cm³/mol. The quantitative estimate of drug-likeness (QED) is 0.875. The molecule has 0 aliphatic heterocycles. The van der Waals surface area contributed by atoms with Gasteiger partial charge >= 0.3 is 5.97 Å². The monoisotopic (exact) mass is 317 g/mol. The van der Waals surface area contributed by atoms with E-state index in [4.69, 9.17) is 5.11 Å². The van der Waals surface area contributed by atoms with Crippen molar-refractivity contribution in [2.75, 3.05) is 6.54 Å². The van der Waals surface area contributed by atoms with Gasteiger partial charge in [0.05, 0.1) is 10.5 Å². The third-order valence-corrected chi connectivity index (χ3v) is 5.74. The van der Waals surface area contributed by atoms with E-state index in [2.05, 4.69) is 0 Å². The summed E-state index contributed by atoms with van der Waals surface area (Å²) in [6.07, 6.45) is 0.604. The van der Waals surface area contributed by atoms with Crippen LogP contribution in [-0.4, -0.2) is 36.4 Å². The van der Waals surface area contributed by atoms with Crippen LogP contribution in [0.3, 0.4) is 0 Å². The first kappa shape index (κ1) is 17.6. The van der Waals surface area contributed by atoms with E-state index in [1.807, 2.05) is 6.92 Å². The Kier molecular flexibility index (Phi) is 5.47. The minimum absolute atomic E-state index is 0.0678. The predicted octanol–water partition coefficient (Wildman–Crippen LogP) is 2.64. The van der Waals surface area contributed by atoms with Gasteiger partial charge in [-0.3, -0.25) is 0 Å². The number of carboxylic acids is 1. The Morgan fingerprint density at radius 1 is 1.38 bits per heavy atom. The van der Waals surface area contributed by atoms with Gasteiger partial charge in [0.1, 0.15) is 5.82 Å². The molecular weight excluding hydrogens is 297 g/mol. The number of sulfonamides is 1. The summed E-state index contributed by atoms with van der Waals surface area (Å²) in [5.74, 6) is -2.20. The highest BCUT2D eigenvalue weighted by Crippen LogP contribution is 2.26. The molecule has 7 heteroatoms. The average Bonchev–Trinajstić information content (AvgIpc) is 2.41. The Labute approximate surface area is 124 Å². The lowest BCUT2D eigenvalue weighted by molar-refractivity contribution is 0.0696. The number of aromatic carboxylic acids is 1. The summed E-state index contributed by atoms with van der Waals surface area (Å²) in [5, 5.41) is 8.97. The Hall–Kier alpha value is -1.47. The average molecular weight is 317 g/mol. The van der Waals surface area contributed by atoms with E-state index in [1.165, 1.54) is 11.2 Å². The molecule has 1 rings (SSSR count). The van der Waals surface area contributed by atoms with Crippen molar-refractivity contribution < 1.29 is 22.7 Å². The normalized spacial score (nSPS) is 13.4.